The number of benzene rings is 2. The summed E-state index contributed by atoms with van der Waals surface area (Å²) in [4.78, 5) is 16.4. The van der Waals surface area contributed by atoms with Crippen molar-refractivity contribution in [2.24, 2.45) is 4.99 Å². The molecule has 0 aromatic heterocycles. The van der Waals surface area contributed by atoms with Gasteiger partial charge in [-0.1, -0.05) is 17.7 Å². The number of hydrogen-bond acceptors (Lipinski definition) is 5. The van der Waals surface area contributed by atoms with Crippen LogP contribution in [0.2, 0.25) is 0 Å². The van der Waals surface area contributed by atoms with Crippen molar-refractivity contribution in [1.29, 1.82) is 0 Å². The fraction of sp³-hybridized carbons (Fsp3) is 0.158. The highest BCUT2D eigenvalue weighted by atomic mass is 16.6. The summed E-state index contributed by atoms with van der Waals surface area (Å²) in [6.07, 6.45) is 1.65. The number of hydrogen-bond donors (Lipinski definition) is 0. The van der Waals surface area contributed by atoms with Crippen LogP contribution in [0.25, 0.3) is 6.08 Å². The van der Waals surface area contributed by atoms with E-state index in [0.717, 1.165) is 16.7 Å². The second-order valence-corrected chi connectivity index (χ2v) is 5.35. The SMILES string of the molecule is COc1cc(/C=C2/N=C(c3cccc(C)c3)OC2=O)cc(OC)c1. The van der Waals surface area contributed by atoms with Gasteiger partial charge in [-0.2, -0.15) is 0 Å². The van der Waals surface area contributed by atoms with Crippen LogP contribution >= 0.6 is 0 Å². The molecule has 2 aromatic rings. The Kier molecular flexibility index (Phi) is 4.33. The lowest BCUT2D eigenvalue weighted by atomic mass is 10.1. The molecule has 0 aliphatic carbocycles. The second-order valence-electron chi connectivity index (χ2n) is 5.35. The summed E-state index contributed by atoms with van der Waals surface area (Å²) in [6.45, 7) is 1.97. The van der Waals surface area contributed by atoms with Gasteiger partial charge in [0.15, 0.2) is 5.70 Å². The fourth-order valence-corrected chi connectivity index (χ4v) is 2.38. The monoisotopic (exact) mass is 323 g/mol. The van der Waals surface area contributed by atoms with Gasteiger partial charge in [-0.25, -0.2) is 9.79 Å². The number of methoxy groups -OCH3 is 2. The Morgan fingerprint density at radius 2 is 1.75 bits per heavy atom. The zero-order valence-electron chi connectivity index (χ0n) is 13.7. The van der Waals surface area contributed by atoms with E-state index < -0.39 is 5.97 Å². The van der Waals surface area contributed by atoms with Crippen molar-refractivity contribution >= 4 is 17.9 Å². The maximum Gasteiger partial charge on any atom is 0.363 e. The summed E-state index contributed by atoms with van der Waals surface area (Å²) in [5.41, 5.74) is 2.82. The van der Waals surface area contributed by atoms with Gasteiger partial charge in [0.05, 0.1) is 14.2 Å². The van der Waals surface area contributed by atoms with Gasteiger partial charge in [-0.05, 0) is 42.8 Å². The largest absolute Gasteiger partial charge is 0.497 e. The number of ether oxygens (including phenoxy) is 3. The zero-order valence-corrected chi connectivity index (χ0v) is 13.7. The Balaban J connectivity index is 1.97. The number of aryl methyl sites for hydroxylation is 1. The van der Waals surface area contributed by atoms with Gasteiger partial charge in [-0.15, -0.1) is 0 Å². The molecule has 0 atom stereocenters. The van der Waals surface area contributed by atoms with Gasteiger partial charge in [0.2, 0.25) is 5.90 Å². The van der Waals surface area contributed by atoms with Crippen molar-refractivity contribution in [1.82, 2.24) is 0 Å². The third-order valence-electron chi connectivity index (χ3n) is 3.56. The van der Waals surface area contributed by atoms with E-state index >= 15 is 0 Å². The lowest BCUT2D eigenvalue weighted by Gasteiger charge is -2.05. The van der Waals surface area contributed by atoms with Crippen molar-refractivity contribution in [2.75, 3.05) is 14.2 Å². The quantitative estimate of drug-likeness (QED) is 0.639. The molecule has 24 heavy (non-hydrogen) atoms. The first-order valence-electron chi connectivity index (χ1n) is 7.42. The van der Waals surface area contributed by atoms with Crippen LogP contribution in [0.15, 0.2) is 53.2 Å². The molecule has 1 heterocycles. The summed E-state index contributed by atoms with van der Waals surface area (Å²) in [7, 11) is 3.15. The van der Waals surface area contributed by atoms with E-state index in [9.17, 15) is 4.79 Å². The average molecular weight is 323 g/mol. The minimum Gasteiger partial charge on any atom is -0.497 e. The Hall–Kier alpha value is -3.08. The Bertz CT molecular complexity index is 830. The third kappa shape index (κ3) is 3.30. The first kappa shape index (κ1) is 15.8. The molecule has 1 aliphatic heterocycles. The van der Waals surface area contributed by atoms with Gasteiger partial charge in [-0.3, -0.25) is 0 Å². The highest BCUT2D eigenvalue weighted by Gasteiger charge is 2.24. The molecule has 5 nitrogen and oxygen atoms in total. The number of carbonyl (C=O) groups is 1. The molecule has 0 unspecified atom stereocenters. The van der Waals surface area contributed by atoms with Crippen LogP contribution in [0.3, 0.4) is 0 Å². The van der Waals surface area contributed by atoms with Crippen LogP contribution in [-0.4, -0.2) is 26.1 Å². The topological polar surface area (TPSA) is 57.1 Å². The number of aliphatic imine (C=N–C) groups is 1. The predicted molar refractivity (Wildman–Crippen MR) is 91.3 cm³/mol. The van der Waals surface area contributed by atoms with Gasteiger partial charge < -0.3 is 14.2 Å². The molecule has 0 bridgehead atoms. The molecule has 1 aliphatic rings. The lowest BCUT2D eigenvalue weighted by Crippen LogP contribution is -2.05. The highest BCUT2D eigenvalue weighted by molar-refractivity contribution is 6.12. The summed E-state index contributed by atoms with van der Waals surface area (Å²) in [5.74, 6) is 1.10. The summed E-state index contributed by atoms with van der Waals surface area (Å²) < 4.78 is 15.7. The zero-order chi connectivity index (χ0) is 17.1. The Labute approximate surface area is 140 Å². The maximum atomic E-state index is 12.1. The first-order chi connectivity index (χ1) is 11.6. The summed E-state index contributed by atoms with van der Waals surface area (Å²) in [6, 6.07) is 13.0. The molecule has 0 saturated carbocycles. The normalized spacial score (nSPS) is 15.2. The van der Waals surface area contributed by atoms with E-state index in [1.54, 1.807) is 38.5 Å². The lowest BCUT2D eigenvalue weighted by molar-refractivity contribution is -0.129. The van der Waals surface area contributed by atoms with Crippen LogP contribution in [0.1, 0.15) is 16.7 Å². The molecular formula is C19H17NO4. The number of nitrogens with zero attached hydrogens (tertiary/aromatic N) is 1. The van der Waals surface area contributed by atoms with Crippen LogP contribution in [-0.2, 0) is 9.53 Å². The maximum absolute atomic E-state index is 12.1. The fourth-order valence-electron chi connectivity index (χ4n) is 2.38. The van der Waals surface area contributed by atoms with Gasteiger partial charge >= 0.3 is 5.97 Å². The van der Waals surface area contributed by atoms with E-state index in [1.165, 1.54) is 0 Å². The van der Waals surface area contributed by atoms with Crippen molar-refractivity contribution < 1.29 is 19.0 Å². The third-order valence-corrected chi connectivity index (χ3v) is 3.56. The molecular weight excluding hydrogens is 306 g/mol. The molecule has 122 valence electrons. The number of rotatable bonds is 4. The standard InChI is InChI=1S/C19H17NO4/c1-12-5-4-6-14(7-12)18-20-17(19(21)24-18)10-13-8-15(22-2)11-16(9-13)23-3/h4-11H,1-3H3/b17-10+. The molecule has 5 heteroatoms. The van der Waals surface area contributed by atoms with Crippen molar-refractivity contribution in [2.45, 2.75) is 6.92 Å². The molecule has 0 fully saturated rings. The van der Waals surface area contributed by atoms with Crippen LogP contribution < -0.4 is 9.47 Å². The van der Waals surface area contributed by atoms with E-state index in [4.69, 9.17) is 14.2 Å². The number of esters is 1. The molecule has 0 N–H and O–H groups in total. The van der Waals surface area contributed by atoms with Crippen LogP contribution in [0, 0.1) is 6.92 Å². The molecule has 0 saturated heterocycles. The summed E-state index contributed by atoms with van der Waals surface area (Å²) >= 11 is 0. The minimum absolute atomic E-state index is 0.238. The second kappa shape index (κ2) is 6.58. The molecule has 0 spiro atoms. The Morgan fingerprint density at radius 1 is 1.04 bits per heavy atom. The molecule has 0 amide bonds. The van der Waals surface area contributed by atoms with E-state index in [2.05, 4.69) is 4.99 Å². The smallest absolute Gasteiger partial charge is 0.363 e. The summed E-state index contributed by atoms with van der Waals surface area (Å²) in [5, 5.41) is 0. The van der Waals surface area contributed by atoms with E-state index in [-0.39, 0.29) is 5.70 Å². The van der Waals surface area contributed by atoms with Crippen molar-refractivity contribution in [3.8, 4) is 11.5 Å². The average Bonchev–Trinajstić information content (AvgIpc) is 2.95. The molecule has 2 aromatic carbocycles. The number of carbonyl (C=O) groups excluding carboxylic acids is 1. The van der Waals surface area contributed by atoms with Crippen LogP contribution in [0.5, 0.6) is 11.5 Å². The first-order valence-corrected chi connectivity index (χ1v) is 7.42. The molecule has 3 rings (SSSR count). The predicted octanol–water partition coefficient (Wildman–Crippen LogP) is 3.36. The van der Waals surface area contributed by atoms with E-state index in [0.29, 0.717) is 17.4 Å². The van der Waals surface area contributed by atoms with Crippen molar-refractivity contribution in [3.05, 3.63) is 64.9 Å². The number of cyclic esters (lactones) is 1. The van der Waals surface area contributed by atoms with Crippen LogP contribution in [0.4, 0.5) is 0 Å². The molecule has 0 radical (unpaired) electrons. The highest BCUT2D eigenvalue weighted by Crippen LogP contribution is 2.26. The van der Waals surface area contributed by atoms with Gasteiger partial charge in [0.25, 0.3) is 0 Å². The van der Waals surface area contributed by atoms with Crippen molar-refractivity contribution in [3.63, 3.8) is 0 Å². The Morgan fingerprint density at radius 3 is 2.38 bits per heavy atom. The van der Waals surface area contributed by atoms with Gasteiger partial charge in [0, 0.05) is 11.6 Å². The van der Waals surface area contributed by atoms with Gasteiger partial charge in [0.1, 0.15) is 11.5 Å². The van der Waals surface area contributed by atoms with E-state index in [1.807, 2.05) is 31.2 Å². The minimum atomic E-state index is -0.478.